The Balaban J connectivity index is 1.72. The molecule has 0 spiro atoms. The maximum atomic E-state index is 13.1. The molecule has 27 heavy (non-hydrogen) atoms. The Morgan fingerprint density at radius 2 is 1.78 bits per heavy atom. The van der Waals surface area contributed by atoms with Gasteiger partial charge in [0.25, 0.3) is 5.91 Å². The molecule has 0 unspecified atom stereocenters. The second kappa shape index (κ2) is 7.15. The highest BCUT2D eigenvalue weighted by molar-refractivity contribution is 7.99. The van der Waals surface area contributed by atoms with E-state index in [0.717, 1.165) is 31.3 Å². The van der Waals surface area contributed by atoms with E-state index in [-0.39, 0.29) is 5.91 Å². The van der Waals surface area contributed by atoms with E-state index in [4.69, 9.17) is 11.6 Å². The fourth-order valence-corrected chi connectivity index (χ4v) is 5.31. The van der Waals surface area contributed by atoms with Gasteiger partial charge in [0.15, 0.2) is 0 Å². The molecule has 0 amide bonds. The molecule has 0 saturated heterocycles. The van der Waals surface area contributed by atoms with Gasteiger partial charge in [-0.2, -0.15) is 9.78 Å². The molecule has 4 aromatic rings. The number of carbonyl (C=O) groups is 1. The molecular weight excluding hydrogens is 396 g/mol. The van der Waals surface area contributed by atoms with Gasteiger partial charge in [0.1, 0.15) is 4.88 Å². The maximum Gasteiger partial charge on any atom is 0.290 e. The molecule has 0 atom stereocenters. The molecule has 0 aliphatic carbocycles. The zero-order valence-corrected chi connectivity index (χ0v) is 17.5. The van der Waals surface area contributed by atoms with Crippen molar-refractivity contribution in [3.8, 4) is 0 Å². The van der Waals surface area contributed by atoms with E-state index in [1.807, 2.05) is 38.1 Å². The van der Waals surface area contributed by atoms with Crippen molar-refractivity contribution < 1.29 is 4.79 Å². The first kappa shape index (κ1) is 18.3. The first-order valence-electron chi connectivity index (χ1n) is 8.48. The van der Waals surface area contributed by atoms with Gasteiger partial charge in [0.2, 0.25) is 0 Å². The van der Waals surface area contributed by atoms with Crippen LogP contribution in [0.2, 0.25) is 5.02 Å². The van der Waals surface area contributed by atoms with E-state index >= 15 is 0 Å². The molecule has 0 saturated carbocycles. The van der Waals surface area contributed by atoms with Crippen LogP contribution in [0.5, 0.6) is 0 Å². The van der Waals surface area contributed by atoms with E-state index in [0.29, 0.717) is 9.90 Å². The number of hydrogen-bond donors (Lipinski definition) is 0. The van der Waals surface area contributed by atoms with Crippen molar-refractivity contribution in [3.63, 3.8) is 0 Å². The first-order chi connectivity index (χ1) is 13.0. The highest BCUT2D eigenvalue weighted by Gasteiger charge is 2.23. The Morgan fingerprint density at radius 1 is 1.07 bits per heavy atom. The summed E-state index contributed by atoms with van der Waals surface area (Å²) in [6, 6.07) is 16.1. The summed E-state index contributed by atoms with van der Waals surface area (Å²) in [4.78, 5) is 15.8. The highest BCUT2D eigenvalue weighted by atomic mass is 35.5. The van der Waals surface area contributed by atoms with Crippen LogP contribution < -0.4 is 0 Å². The number of aromatic nitrogens is 2. The summed E-state index contributed by atoms with van der Waals surface area (Å²) >= 11 is 9.52. The van der Waals surface area contributed by atoms with Gasteiger partial charge in [-0.3, -0.25) is 4.79 Å². The van der Waals surface area contributed by atoms with Crippen LogP contribution in [-0.2, 0) is 0 Å². The van der Waals surface area contributed by atoms with Crippen molar-refractivity contribution in [1.29, 1.82) is 0 Å². The molecule has 6 heteroatoms. The molecule has 0 fully saturated rings. The number of aryl methyl sites for hydroxylation is 2. The van der Waals surface area contributed by atoms with Gasteiger partial charge in [0, 0.05) is 15.0 Å². The third kappa shape index (κ3) is 3.31. The van der Waals surface area contributed by atoms with Crippen molar-refractivity contribution in [2.45, 2.75) is 30.6 Å². The van der Waals surface area contributed by atoms with Crippen LogP contribution >= 0.6 is 34.7 Å². The number of carbonyl (C=O) groups excluding carboxylic acids is 1. The average Bonchev–Trinajstić information content (AvgIpc) is 3.15. The van der Waals surface area contributed by atoms with E-state index in [1.165, 1.54) is 21.6 Å². The largest absolute Gasteiger partial charge is 0.290 e. The zero-order valence-electron chi connectivity index (χ0n) is 15.1. The van der Waals surface area contributed by atoms with Gasteiger partial charge in [0.05, 0.1) is 21.3 Å². The molecule has 136 valence electrons. The zero-order chi connectivity index (χ0) is 19.1. The van der Waals surface area contributed by atoms with E-state index in [9.17, 15) is 4.79 Å². The second-order valence-corrected chi connectivity index (χ2v) is 8.89. The maximum absolute atomic E-state index is 13.1. The normalized spacial score (nSPS) is 11.3. The Hall–Kier alpha value is -2.08. The molecular formula is C21H17ClN2OS2. The average molecular weight is 413 g/mol. The van der Waals surface area contributed by atoms with Gasteiger partial charge >= 0.3 is 0 Å². The minimum Gasteiger partial charge on any atom is -0.266 e. The predicted molar refractivity (Wildman–Crippen MR) is 114 cm³/mol. The Morgan fingerprint density at radius 3 is 2.48 bits per heavy atom. The predicted octanol–water partition coefficient (Wildman–Crippen LogP) is 6.52. The van der Waals surface area contributed by atoms with E-state index < -0.39 is 0 Å². The lowest BCUT2D eigenvalue weighted by Gasteiger charge is -2.04. The standard InChI is InChI=1S/C21H17ClN2OS2/c1-12-8-10-15(11-9-12)26-19-13(2)23-24(14(19)3)21(25)20-18(22)16-6-4-5-7-17(16)27-20/h4-11H,1-3H3. The minimum atomic E-state index is -0.183. The molecule has 2 aromatic heterocycles. The summed E-state index contributed by atoms with van der Waals surface area (Å²) in [7, 11) is 0. The van der Waals surface area contributed by atoms with E-state index in [1.54, 1.807) is 11.8 Å². The third-order valence-corrected chi connectivity index (χ3v) is 7.35. The Labute approximate surface area is 171 Å². The Bertz CT molecular complexity index is 1160. The van der Waals surface area contributed by atoms with Gasteiger partial charge < -0.3 is 0 Å². The van der Waals surface area contributed by atoms with Crippen molar-refractivity contribution in [2.75, 3.05) is 0 Å². The topological polar surface area (TPSA) is 34.9 Å². The van der Waals surface area contributed by atoms with Crippen molar-refractivity contribution >= 4 is 50.7 Å². The molecule has 2 aromatic carbocycles. The molecule has 0 aliphatic rings. The number of hydrogen-bond acceptors (Lipinski definition) is 4. The van der Waals surface area contributed by atoms with Gasteiger partial charge in [-0.1, -0.05) is 59.3 Å². The fourth-order valence-electron chi connectivity index (χ4n) is 2.95. The van der Waals surface area contributed by atoms with E-state index in [2.05, 4.69) is 36.3 Å². The summed E-state index contributed by atoms with van der Waals surface area (Å²) < 4.78 is 2.48. The van der Waals surface area contributed by atoms with Gasteiger partial charge in [-0.05, 0) is 39.0 Å². The lowest BCUT2D eigenvalue weighted by atomic mass is 10.2. The lowest BCUT2D eigenvalue weighted by Crippen LogP contribution is -2.14. The summed E-state index contributed by atoms with van der Waals surface area (Å²) in [6.07, 6.45) is 0. The number of thiophene rings is 1. The number of halogens is 1. The fraction of sp³-hybridized carbons (Fsp3) is 0.143. The van der Waals surface area contributed by atoms with Crippen LogP contribution in [0.15, 0.2) is 58.3 Å². The molecule has 0 bridgehead atoms. The number of fused-ring (bicyclic) bond motifs is 1. The quantitative estimate of drug-likeness (QED) is 0.384. The third-order valence-electron chi connectivity index (χ3n) is 4.39. The SMILES string of the molecule is Cc1ccc(Sc2c(C)nn(C(=O)c3sc4ccccc4c3Cl)c2C)cc1. The second-order valence-electron chi connectivity index (χ2n) is 6.37. The summed E-state index contributed by atoms with van der Waals surface area (Å²) in [5, 5.41) is 5.91. The van der Waals surface area contributed by atoms with Crippen LogP contribution in [0.3, 0.4) is 0 Å². The first-order valence-corrected chi connectivity index (χ1v) is 10.5. The van der Waals surface area contributed by atoms with Crippen LogP contribution in [-0.4, -0.2) is 15.7 Å². The molecule has 2 heterocycles. The Kier molecular flexibility index (Phi) is 4.84. The van der Waals surface area contributed by atoms with Crippen LogP contribution in [0.1, 0.15) is 26.6 Å². The van der Waals surface area contributed by atoms with Gasteiger partial charge in [-0.25, -0.2) is 0 Å². The number of rotatable bonds is 3. The lowest BCUT2D eigenvalue weighted by molar-refractivity contribution is 0.0946. The van der Waals surface area contributed by atoms with Crippen molar-refractivity contribution in [1.82, 2.24) is 9.78 Å². The number of nitrogens with zero attached hydrogens (tertiary/aromatic N) is 2. The monoisotopic (exact) mass is 412 g/mol. The van der Waals surface area contributed by atoms with Crippen molar-refractivity contribution in [3.05, 3.63) is 75.4 Å². The minimum absolute atomic E-state index is 0.183. The smallest absolute Gasteiger partial charge is 0.266 e. The molecule has 0 radical (unpaired) electrons. The van der Waals surface area contributed by atoms with Gasteiger partial charge in [-0.15, -0.1) is 11.3 Å². The van der Waals surface area contributed by atoms with Crippen LogP contribution in [0.4, 0.5) is 0 Å². The van der Waals surface area contributed by atoms with Crippen LogP contribution in [0, 0.1) is 20.8 Å². The number of benzene rings is 2. The highest BCUT2D eigenvalue weighted by Crippen LogP contribution is 2.37. The molecule has 0 N–H and O–H groups in total. The van der Waals surface area contributed by atoms with Crippen molar-refractivity contribution in [2.24, 2.45) is 0 Å². The molecule has 3 nitrogen and oxygen atoms in total. The molecule has 4 rings (SSSR count). The summed E-state index contributed by atoms with van der Waals surface area (Å²) in [5.74, 6) is -0.183. The molecule has 0 aliphatic heterocycles. The van der Waals surface area contributed by atoms with Crippen LogP contribution in [0.25, 0.3) is 10.1 Å². The summed E-state index contributed by atoms with van der Waals surface area (Å²) in [6.45, 7) is 5.92. The summed E-state index contributed by atoms with van der Waals surface area (Å²) in [5.41, 5.74) is 2.89.